The lowest BCUT2D eigenvalue weighted by atomic mass is 10.2. The van der Waals surface area contributed by atoms with E-state index in [2.05, 4.69) is 16.8 Å². The third kappa shape index (κ3) is 4.52. The highest BCUT2D eigenvalue weighted by atomic mass is 32.2. The first-order valence-electron chi connectivity index (χ1n) is 8.26. The minimum absolute atomic E-state index is 0.233. The third-order valence-corrected chi connectivity index (χ3v) is 4.85. The Morgan fingerprint density at radius 2 is 2.04 bits per heavy atom. The summed E-state index contributed by atoms with van der Waals surface area (Å²) in [5, 5.41) is 9.28. The molecular weight excluding hydrogens is 349 g/mol. The van der Waals surface area contributed by atoms with Gasteiger partial charge < -0.3 is 4.74 Å². The number of aryl methyl sites for hydroxylation is 1. The predicted octanol–water partition coefficient (Wildman–Crippen LogP) is 4.78. The largest absolute Gasteiger partial charge is 0.485 e. The van der Waals surface area contributed by atoms with E-state index in [9.17, 15) is 4.39 Å². The number of ether oxygens (including phenoxy) is 1. The zero-order valence-electron chi connectivity index (χ0n) is 14.6. The summed E-state index contributed by atoms with van der Waals surface area (Å²) in [4.78, 5) is 0. The fourth-order valence-electron chi connectivity index (χ4n) is 2.48. The van der Waals surface area contributed by atoms with Gasteiger partial charge in [0.25, 0.3) is 0 Å². The van der Waals surface area contributed by atoms with Crippen LogP contribution in [0.25, 0.3) is 0 Å². The van der Waals surface area contributed by atoms with Crippen LogP contribution in [0.1, 0.15) is 17.0 Å². The number of para-hydroxylation sites is 1. The van der Waals surface area contributed by atoms with Crippen LogP contribution in [0.5, 0.6) is 5.75 Å². The summed E-state index contributed by atoms with van der Waals surface area (Å²) in [6.45, 7) is 6.72. The summed E-state index contributed by atoms with van der Waals surface area (Å²) in [6, 6.07) is 14.4. The molecule has 0 saturated carbocycles. The van der Waals surface area contributed by atoms with Gasteiger partial charge in [-0.1, -0.05) is 48.2 Å². The van der Waals surface area contributed by atoms with Crippen molar-refractivity contribution in [3.63, 3.8) is 0 Å². The Bertz CT molecular complexity index is 894. The fourth-order valence-corrected chi connectivity index (χ4v) is 3.39. The maximum Gasteiger partial charge on any atom is 0.191 e. The molecular formula is C20H20FN3OS. The molecule has 3 rings (SSSR count). The number of nitrogens with zero attached hydrogens (tertiary/aromatic N) is 3. The molecule has 0 fully saturated rings. The summed E-state index contributed by atoms with van der Waals surface area (Å²) in [5.74, 6) is 1.94. The predicted molar refractivity (Wildman–Crippen MR) is 102 cm³/mol. The van der Waals surface area contributed by atoms with Gasteiger partial charge in [-0.15, -0.1) is 16.8 Å². The first-order valence-corrected chi connectivity index (χ1v) is 9.24. The van der Waals surface area contributed by atoms with Crippen LogP contribution in [0.2, 0.25) is 0 Å². The summed E-state index contributed by atoms with van der Waals surface area (Å²) in [7, 11) is 0. The number of allylic oxidation sites excluding steroid dienone is 1. The van der Waals surface area contributed by atoms with Crippen molar-refractivity contribution in [3.8, 4) is 5.75 Å². The molecule has 6 heteroatoms. The van der Waals surface area contributed by atoms with Crippen LogP contribution in [-0.4, -0.2) is 14.8 Å². The number of hydrogen-bond donors (Lipinski definition) is 0. The minimum Gasteiger partial charge on any atom is -0.485 e. The van der Waals surface area contributed by atoms with E-state index in [-0.39, 0.29) is 5.82 Å². The van der Waals surface area contributed by atoms with E-state index in [1.165, 1.54) is 23.9 Å². The normalized spacial score (nSPS) is 10.7. The first-order chi connectivity index (χ1) is 12.7. The summed E-state index contributed by atoms with van der Waals surface area (Å²) in [5.41, 5.74) is 1.98. The second-order valence-corrected chi connectivity index (χ2v) is 6.71. The number of thioether (sulfide) groups is 1. The number of benzene rings is 2. The molecule has 4 nitrogen and oxygen atoms in total. The molecule has 0 N–H and O–H groups in total. The van der Waals surface area contributed by atoms with Crippen molar-refractivity contribution in [3.05, 3.63) is 84.0 Å². The van der Waals surface area contributed by atoms with Crippen molar-refractivity contribution in [1.82, 2.24) is 14.8 Å². The van der Waals surface area contributed by atoms with Gasteiger partial charge in [0.05, 0.1) is 0 Å². The highest BCUT2D eigenvalue weighted by Crippen LogP contribution is 2.23. The van der Waals surface area contributed by atoms with E-state index in [4.69, 9.17) is 4.74 Å². The SMILES string of the molecule is C=CCn1c(COc2ccccc2C)nnc1SCc1cccc(F)c1. The highest BCUT2D eigenvalue weighted by Gasteiger charge is 2.13. The minimum atomic E-state index is -0.233. The van der Waals surface area contributed by atoms with Gasteiger partial charge in [0.1, 0.15) is 18.2 Å². The van der Waals surface area contributed by atoms with E-state index in [1.807, 2.05) is 41.8 Å². The molecule has 0 atom stereocenters. The Morgan fingerprint density at radius 1 is 1.19 bits per heavy atom. The van der Waals surface area contributed by atoms with E-state index in [0.717, 1.165) is 27.9 Å². The van der Waals surface area contributed by atoms with Gasteiger partial charge in [0, 0.05) is 12.3 Å². The Morgan fingerprint density at radius 3 is 2.81 bits per heavy atom. The molecule has 26 heavy (non-hydrogen) atoms. The van der Waals surface area contributed by atoms with E-state index in [1.54, 1.807) is 12.1 Å². The average molecular weight is 369 g/mol. The average Bonchev–Trinajstić information content (AvgIpc) is 3.02. The number of hydrogen-bond acceptors (Lipinski definition) is 4. The molecule has 0 spiro atoms. The summed E-state index contributed by atoms with van der Waals surface area (Å²) < 4.78 is 21.2. The zero-order chi connectivity index (χ0) is 18.4. The van der Waals surface area contributed by atoms with E-state index >= 15 is 0 Å². The van der Waals surface area contributed by atoms with Crippen LogP contribution in [0.4, 0.5) is 4.39 Å². The second-order valence-electron chi connectivity index (χ2n) is 5.77. The Labute approximate surface area is 156 Å². The van der Waals surface area contributed by atoms with Gasteiger partial charge in [-0.05, 0) is 36.2 Å². The van der Waals surface area contributed by atoms with Crippen LogP contribution in [0.15, 0.2) is 66.3 Å². The third-order valence-electron chi connectivity index (χ3n) is 3.81. The standard InChI is InChI=1S/C20H20FN3OS/c1-3-11-24-19(13-25-18-10-5-4-7-15(18)2)22-23-20(24)26-14-16-8-6-9-17(21)12-16/h3-10,12H,1,11,13-14H2,2H3. The van der Waals surface area contributed by atoms with Crippen molar-refractivity contribution in [2.75, 3.05) is 0 Å². The van der Waals surface area contributed by atoms with Gasteiger partial charge in [-0.25, -0.2) is 4.39 Å². The molecule has 0 bridgehead atoms. The lowest BCUT2D eigenvalue weighted by Crippen LogP contribution is -2.08. The van der Waals surface area contributed by atoms with Crippen molar-refractivity contribution in [1.29, 1.82) is 0 Å². The topological polar surface area (TPSA) is 39.9 Å². The molecule has 0 aliphatic carbocycles. The quantitative estimate of drug-likeness (QED) is 0.423. The maximum atomic E-state index is 13.3. The smallest absolute Gasteiger partial charge is 0.191 e. The van der Waals surface area contributed by atoms with Crippen LogP contribution in [-0.2, 0) is 18.9 Å². The molecule has 0 aliphatic heterocycles. The fraction of sp³-hybridized carbons (Fsp3) is 0.200. The van der Waals surface area contributed by atoms with E-state index < -0.39 is 0 Å². The number of aromatic nitrogens is 3. The van der Waals surface area contributed by atoms with Crippen molar-refractivity contribution < 1.29 is 9.13 Å². The molecule has 0 saturated heterocycles. The number of halogens is 1. The van der Waals surface area contributed by atoms with Gasteiger partial charge in [-0.2, -0.15) is 0 Å². The molecule has 134 valence electrons. The zero-order valence-corrected chi connectivity index (χ0v) is 15.4. The van der Waals surface area contributed by atoms with Gasteiger partial charge in [-0.3, -0.25) is 4.57 Å². The van der Waals surface area contributed by atoms with Gasteiger partial charge in [0.2, 0.25) is 0 Å². The van der Waals surface area contributed by atoms with Crippen molar-refractivity contribution >= 4 is 11.8 Å². The molecule has 0 unspecified atom stereocenters. The molecule has 3 aromatic rings. The van der Waals surface area contributed by atoms with Crippen molar-refractivity contribution in [2.24, 2.45) is 0 Å². The molecule has 0 amide bonds. The maximum absolute atomic E-state index is 13.3. The molecule has 2 aromatic carbocycles. The van der Waals surface area contributed by atoms with Crippen LogP contribution in [0, 0.1) is 12.7 Å². The highest BCUT2D eigenvalue weighted by molar-refractivity contribution is 7.98. The van der Waals surface area contributed by atoms with E-state index in [0.29, 0.717) is 18.9 Å². The van der Waals surface area contributed by atoms with Crippen LogP contribution >= 0.6 is 11.8 Å². The Balaban J connectivity index is 1.71. The summed E-state index contributed by atoms with van der Waals surface area (Å²) in [6.07, 6.45) is 1.80. The van der Waals surface area contributed by atoms with Crippen LogP contribution in [0.3, 0.4) is 0 Å². The van der Waals surface area contributed by atoms with Crippen molar-refractivity contribution in [2.45, 2.75) is 31.0 Å². The molecule has 0 radical (unpaired) electrons. The van der Waals surface area contributed by atoms with Gasteiger partial charge >= 0.3 is 0 Å². The lowest BCUT2D eigenvalue weighted by molar-refractivity contribution is 0.287. The second kappa shape index (κ2) is 8.67. The van der Waals surface area contributed by atoms with Crippen LogP contribution < -0.4 is 4.74 Å². The Kier molecular flexibility index (Phi) is 6.07. The molecule has 1 heterocycles. The first kappa shape index (κ1) is 18.2. The van der Waals surface area contributed by atoms with Gasteiger partial charge in [0.15, 0.2) is 11.0 Å². The lowest BCUT2D eigenvalue weighted by Gasteiger charge is -2.10. The Hall–Kier alpha value is -2.60. The molecule has 1 aromatic heterocycles. The molecule has 0 aliphatic rings. The number of rotatable bonds is 8. The monoisotopic (exact) mass is 369 g/mol. The summed E-state index contributed by atoms with van der Waals surface area (Å²) >= 11 is 1.51.